The molecule has 3 aromatic rings. The first kappa shape index (κ1) is 13.3. The fourth-order valence-electron chi connectivity index (χ4n) is 2.40. The Balaban J connectivity index is 2.09. The van der Waals surface area contributed by atoms with Crippen LogP contribution in [0.15, 0.2) is 54.6 Å². The molecule has 2 aromatic carbocycles. The Labute approximate surface area is 123 Å². The van der Waals surface area contributed by atoms with Crippen LogP contribution >= 0.6 is 0 Å². The molecule has 0 saturated heterocycles. The maximum absolute atomic E-state index is 12.6. The predicted molar refractivity (Wildman–Crippen MR) is 85.4 cm³/mol. The molecular formula is C18H16N2O. The van der Waals surface area contributed by atoms with Gasteiger partial charge in [-0.1, -0.05) is 43.3 Å². The Morgan fingerprint density at radius 3 is 2.71 bits per heavy atom. The molecule has 104 valence electrons. The van der Waals surface area contributed by atoms with Crippen LogP contribution in [-0.2, 0) is 6.42 Å². The molecule has 3 nitrogen and oxygen atoms in total. The first-order valence-corrected chi connectivity index (χ1v) is 6.98. The molecule has 0 radical (unpaired) electrons. The van der Waals surface area contributed by atoms with Crippen LogP contribution in [0, 0.1) is 0 Å². The highest BCUT2D eigenvalue weighted by atomic mass is 16.1. The van der Waals surface area contributed by atoms with Gasteiger partial charge in [-0.2, -0.15) is 0 Å². The molecule has 0 bridgehead atoms. The number of nitrogen functional groups attached to an aromatic ring is 1. The van der Waals surface area contributed by atoms with Crippen molar-refractivity contribution in [3.8, 4) is 0 Å². The molecule has 0 aliphatic heterocycles. The SMILES string of the molecule is CCc1cccc(C(=O)c2cc(N)c3ccccc3n2)c1. The number of pyridine rings is 1. The highest BCUT2D eigenvalue weighted by Gasteiger charge is 2.13. The molecule has 3 rings (SSSR count). The quantitative estimate of drug-likeness (QED) is 0.743. The van der Waals surface area contributed by atoms with Gasteiger partial charge in [0.05, 0.1) is 5.52 Å². The van der Waals surface area contributed by atoms with Gasteiger partial charge in [-0.05, 0) is 30.2 Å². The minimum atomic E-state index is -0.0947. The van der Waals surface area contributed by atoms with Gasteiger partial charge in [0.15, 0.2) is 0 Å². The summed E-state index contributed by atoms with van der Waals surface area (Å²) in [6.45, 7) is 2.07. The van der Waals surface area contributed by atoms with Crippen LogP contribution in [0.3, 0.4) is 0 Å². The Kier molecular flexibility index (Phi) is 3.40. The molecule has 0 fully saturated rings. The summed E-state index contributed by atoms with van der Waals surface area (Å²) < 4.78 is 0. The first-order valence-electron chi connectivity index (χ1n) is 6.98. The maximum Gasteiger partial charge on any atom is 0.211 e. The largest absolute Gasteiger partial charge is 0.398 e. The molecule has 0 spiro atoms. The van der Waals surface area contributed by atoms with E-state index in [-0.39, 0.29) is 5.78 Å². The summed E-state index contributed by atoms with van der Waals surface area (Å²) in [4.78, 5) is 17.0. The van der Waals surface area contributed by atoms with Gasteiger partial charge in [-0.25, -0.2) is 4.98 Å². The van der Waals surface area contributed by atoms with E-state index in [4.69, 9.17) is 5.73 Å². The third kappa shape index (κ3) is 2.50. The minimum Gasteiger partial charge on any atom is -0.398 e. The molecule has 2 N–H and O–H groups in total. The highest BCUT2D eigenvalue weighted by Crippen LogP contribution is 2.21. The fourth-order valence-corrected chi connectivity index (χ4v) is 2.40. The van der Waals surface area contributed by atoms with E-state index in [1.807, 2.05) is 48.5 Å². The Bertz CT molecular complexity index is 824. The summed E-state index contributed by atoms with van der Waals surface area (Å²) in [6, 6.07) is 16.9. The molecule has 0 atom stereocenters. The number of fused-ring (bicyclic) bond motifs is 1. The first-order chi connectivity index (χ1) is 10.2. The van der Waals surface area contributed by atoms with E-state index >= 15 is 0 Å². The van der Waals surface area contributed by atoms with Crippen molar-refractivity contribution in [1.29, 1.82) is 0 Å². The molecule has 0 unspecified atom stereocenters. The molecule has 3 heteroatoms. The molecule has 0 amide bonds. The molecule has 21 heavy (non-hydrogen) atoms. The number of nitrogens with two attached hydrogens (primary N) is 1. The van der Waals surface area contributed by atoms with Gasteiger partial charge in [-0.3, -0.25) is 4.79 Å². The van der Waals surface area contributed by atoms with Crippen molar-refractivity contribution in [3.63, 3.8) is 0 Å². The van der Waals surface area contributed by atoms with Crippen molar-refractivity contribution in [3.05, 3.63) is 71.4 Å². The number of aromatic nitrogens is 1. The average molecular weight is 276 g/mol. The number of carbonyl (C=O) groups excluding carboxylic acids is 1. The van der Waals surface area contributed by atoms with Gasteiger partial charge >= 0.3 is 0 Å². The predicted octanol–water partition coefficient (Wildman–Crippen LogP) is 3.61. The second-order valence-corrected chi connectivity index (χ2v) is 5.00. The van der Waals surface area contributed by atoms with E-state index < -0.39 is 0 Å². The maximum atomic E-state index is 12.6. The van der Waals surface area contributed by atoms with Crippen molar-refractivity contribution < 1.29 is 4.79 Å². The zero-order chi connectivity index (χ0) is 14.8. The molecule has 0 aliphatic carbocycles. The van der Waals surface area contributed by atoms with Gasteiger partial charge in [-0.15, -0.1) is 0 Å². The lowest BCUT2D eigenvalue weighted by molar-refractivity contribution is 0.103. The van der Waals surface area contributed by atoms with Crippen LogP contribution < -0.4 is 5.73 Å². The molecule has 0 saturated carbocycles. The number of aryl methyl sites for hydroxylation is 1. The lowest BCUT2D eigenvalue weighted by Gasteiger charge is -2.06. The molecule has 1 aromatic heterocycles. The number of nitrogens with zero attached hydrogens (tertiary/aromatic N) is 1. The van der Waals surface area contributed by atoms with Gasteiger partial charge in [0.1, 0.15) is 5.69 Å². The van der Waals surface area contributed by atoms with Gasteiger partial charge in [0.2, 0.25) is 5.78 Å². The number of para-hydroxylation sites is 1. The van der Waals surface area contributed by atoms with Crippen LogP contribution in [0.2, 0.25) is 0 Å². The van der Waals surface area contributed by atoms with Crippen LogP contribution in [0.4, 0.5) is 5.69 Å². The summed E-state index contributed by atoms with van der Waals surface area (Å²) >= 11 is 0. The zero-order valence-corrected chi connectivity index (χ0v) is 11.8. The van der Waals surface area contributed by atoms with E-state index in [1.165, 1.54) is 0 Å². The average Bonchev–Trinajstić information content (AvgIpc) is 2.54. The number of rotatable bonds is 3. The lowest BCUT2D eigenvalue weighted by Crippen LogP contribution is -2.06. The third-order valence-electron chi connectivity index (χ3n) is 3.58. The van der Waals surface area contributed by atoms with Crippen molar-refractivity contribution in [2.24, 2.45) is 0 Å². The number of benzene rings is 2. The van der Waals surface area contributed by atoms with Crippen LogP contribution in [0.1, 0.15) is 28.5 Å². The summed E-state index contributed by atoms with van der Waals surface area (Å²) in [5.74, 6) is -0.0947. The van der Waals surface area contributed by atoms with E-state index in [1.54, 1.807) is 6.07 Å². The summed E-state index contributed by atoms with van der Waals surface area (Å²) in [5.41, 5.74) is 9.53. The number of carbonyl (C=O) groups is 1. The Morgan fingerprint density at radius 2 is 1.90 bits per heavy atom. The minimum absolute atomic E-state index is 0.0947. The smallest absolute Gasteiger partial charge is 0.211 e. The number of hydrogen-bond donors (Lipinski definition) is 1. The number of ketones is 1. The van der Waals surface area contributed by atoms with Gasteiger partial charge in [0.25, 0.3) is 0 Å². The second kappa shape index (κ2) is 5.37. The highest BCUT2D eigenvalue weighted by molar-refractivity contribution is 6.10. The number of hydrogen-bond acceptors (Lipinski definition) is 3. The normalized spacial score (nSPS) is 10.7. The number of anilines is 1. The van der Waals surface area contributed by atoms with E-state index in [2.05, 4.69) is 11.9 Å². The van der Waals surface area contributed by atoms with Crippen molar-refractivity contribution in [2.75, 3.05) is 5.73 Å². The molecule has 1 heterocycles. The summed E-state index contributed by atoms with van der Waals surface area (Å²) in [7, 11) is 0. The van der Waals surface area contributed by atoms with Crippen LogP contribution in [-0.4, -0.2) is 10.8 Å². The standard InChI is InChI=1S/C18H16N2O/c1-2-12-6-5-7-13(10-12)18(21)17-11-15(19)14-8-3-4-9-16(14)20-17/h3-11H,2H2,1H3,(H2,19,20). The summed E-state index contributed by atoms with van der Waals surface area (Å²) in [6.07, 6.45) is 0.897. The molecular weight excluding hydrogens is 260 g/mol. The molecule has 0 aliphatic rings. The summed E-state index contributed by atoms with van der Waals surface area (Å²) in [5, 5.41) is 0.872. The fraction of sp³-hybridized carbons (Fsp3) is 0.111. The monoisotopic (exact) mass is 276 g/mol. The lowest BCUT2D eigenvalue weighted by atomic mass is 10.0. The van der Waals surface area contributed by atoms with Crippen molar-refractivity contribution >= 4 is 22.4 Å². The topological polar surface area (TPSA) is 56.0 Å². The van der Waals surface area contributed by atoms with Crippen molar-refractivity contribution in [2.45, 2.75) is 13.3 Å². The van der Waals surface area contributed by atoms with Gasteiger partial charge < -0.3 is 5.73 Å². The van der Waals surface area contributed by atoms with E-state index in [0.717, 1.165) is 22.9 Å². The second-order valence-electron chi connectivity index (χ2n) is 5.00. The van der Waals surface area contributed by atoms with E-state index in [9.17, 15) is 4.79 Å². The Morgan fingerprint density at radius 1 is 1.10 bits per heavy atom. The zero-order valence-electron chi connectivity index (χ0n) is 11.8. The Hall–Kier alpha value is -2.68. The van der Waals surface area contributed by atoms with Gasteiger partial charge in [0, 0.05) is 16.6 Å². The third-order valence-corrected chi connectivity index (χ3v) is 3.58. The van der Waals surface area contributed by atoms with Crippen molar-refractivity contribution in [1.82, 2.24) is 4.98 Å². The van der Waals surface area contributed by atoms with E-state index in [0.29, 0.717) is 16.9 Å². The van der Waals surface area contributed by atoms with Crippen LogP contribution in [0.5, 0.6) is 0 Å². The van der Waals surface area contributed by atoms with Crippen LogP contribution in [0.25, 0.3) is 10.9 Å².